The second-order valence-corrected chi connectivity index (χ2v) is 16.1. The lowest BCUT2D eigenvalue weighted by molar-refractivity contribution is 0.635. The van der Waals surface area contributed by atoms with Crippen LogP contribution >= 0.6 is 0 Å². The summed E-state index contributed by atoms with van der Waals surface area (Å²) in [6.07, 6.45) is 0. The van der Waals surface area contributed by atoms with E-state index in [1.807, 2.05) is 12.1 Å². The Labute approximate surface area is 338 Å². The lowest BCUT2D eigenvalue weighted by atomic mass is 9.89. The van der Waals surface area contributed by atoms with Crippen molar-refractivity contribution in [2.24, 2.45) is 0 Å². The fourth-order valence-electron chi connectivity index (χ4n) is 9.88. The number of nitrogens with zero attached hydrogens (tertiary/aromatic N) is 1. The van der Waals surface area contributed by atoms with Crippen molar-refractivity contribution in [1.29, 1.82) is 0 Å². The van der Waals surface area contributed by atoms with Gasteiger partial charge in [0.2, 0.25) is 0 Å². The Morgan fingerprint density at radius 2 is 0.847 bits per heavy atom. The van der Waals surface area contributed by atoms with Crippen molar-refractivity contribution < 1.29 is 13.3 Å². The fourth-order valence-corrected chi connectivity index (χ4v) is 9.88. The molecule has 0 bridgehead atoms. The van der Waals surface area contributed by atoms with Gasteiger partial charge < -0.3 is 18.2 Å². The van der Waals surface area contributed by atoms with Crippen molar-refractivity contribution in [2.75, 3.05) is 4.90 Å². The molecule has 13 aromatic rings. The molecule has 0 fully saturated rings. The van der Waals surface area contributed by atoms with E-state index in [2.05, 4.69) is 176 Å². The van der Waals surface area contributed by atoms with Crippen LogP contribution < -0.4 is 4.90 Å². The van der Waals surface area contributed by atoms with Gasteiger partial charge in [-0.3, -0.25) is 0 Å². The molecule has 3 aromatic heterocycles. The van der Waals surface area contributed by atoms with Crippen molar-refractivity contribution in [2.45, 2.75) is 19.8 Å². The third-order valence-corrected chi connectivity index (χ3v) is 12.6. The van der Waals surface area contributed by atoms with Gasteiger partial charge in [-0.1, -0.05) is 129 Å². The molecule has 278 valence electrons. The molecule has 0 N–H and O–H groups in total. The van der Waals surface area contributed by atoms with Crippen LogP contribution in [0.2, 0.25) is 0 Å². The summed E-state index contributed by atoms with van der Waals surface area (Å²) in [6, 6.07) is 60.7. The largest absolute Gasteiger partial charge is 0.454 e. The number of rotatable bonds is 4. The van der Waals surface area contributed by atoms with Crippen molar-refractivity contribution in [3.05, 3.63) is 175 Å². The second kappa shape index (κ2) is 12.0. The van der Waals surface area contributed by atoms with Crippen molar-refractivity contribution in [3.8, 4) is 0 Å². The fraction of sp³-hybridized carbons (Fsp3) is 0.0545. The van der Waals surface area contributed by atoms with Gasteiger partial charge in [0.05, 0.1) is 11.4 Å². The molecule has 0 aliphatic carbocycles. The third kappa shape index (κ3) is 4.49. The molecule has 10 aromatic carbocycles. The minimum atomic E-state index is 0.423. The number of hydrogen-bond donors (Lipinski definition) is 0. The molecule has 0 aliphatic rings. The summed E-state index contributed by atoms with van der Waals surface area (Å²) in [5.74, 6) is 0.423. The molecular formula is C55H35NO3. The maximum atomic E-state index is 7.18. The van der Waals surface area contributed by atoms with Gasteiger partial charge in [-0.05, 0) is 92.3 Å². The summed E-state index contributed by atoms with van der Waals surface area (Å²) in [5, 5.41) is 16.0. The van der Waals surface area contributed by atoms with E-state index in [4.69, 9.17) is 13.3 Å². The van der Waals surface area contributed by atoms with Gasteiger partial charge in [-0.15, -0.1) is 0 Å². The Balaban J connectivity index is 1.08. The number of anilines is 3. The third-order valence-electron chi connectivity index (χ3n) is 12.6. The highest BCUT2D eigenvalue weighted by Gasteiger charge is 2.25. The normalized spacial score (nSPS) is 12.4. The molecule has 0 unspecified atom stereocenters. The standard InChI is InChI=1S/C55H35NO3/c1-31(2)32-22-24-33(25-23-32)56(46-20-11-19-43-37-14-9-10-21-47(37)57-52(43)46)34-26-27-38-44-28-29-45-50-42-18-8-7-17-41(42)49-39-15-5-3-12-35(39)36-13-4-6-16-40(36)51(49)55(50)59-54(45)53(44)58-48(38)30-34/h3-31H,1-2H3. The van der Waals surface area contributed by atoms with Crippen molar-refractivity contribution in [1.82, 2.24) is 0 Å². The van der Waals surface area contributed by atoms with E-state index in [0.717, 1.165) is 88.3 Å². The van der Waals surface area contributed by atoms with Gasteiger partial charge in [0.1, 0.15) is 16.7 Å². The zero-order valence-corrected chi connectivity index (χ0v) is 32.4. The van der Waals surface area contributed by atoms with Crippen LogP contribution in [-0.4, -0.2) is 0 Å². The van der Waals surface area contributed by atoms with E-state index in [1.165, 1.54) is 43.3 Å². The van der Waals surface area contributed by atoms with Gasteiger partial charge in [-0.25, -0.2) is 0 Å². The van der Waals surface area contributed by atoms with Crippen LogP contribution in [0.1, 0.15) is 25.3 Å². The Kier molecular flexibility index (Phi) is 6.60. The minimum Gasteiger partial charge on any atom is -0.454 e. The zero-order chi connectivity index (χ0) is 38.9. The summed E-state index contributed by atoms with van der Waals surface area (Å²) in [6.45, 7) is 4.46. The number of benzene rings is 10. The molecule has 0 spiro atoms. The van der Waals surface area contributed by atoms with Crippen molar-refractivity contribution >= 4 is 126 Å². The molecule has 0 atom stereocenters. The predicted octanol–water partition coefficient (Wildman–Crippen LogP) is 16.6. The SMILES string of the molecule is CC(C)c1ccc(N(c2ccc3c(c2)oc2c3ccc3c2oc2c3c3ccccc3c3c4ccccc4c4ccccc4c23)c2cccc3c2oc2ccccc23)cc1. The molecule has 0 radical (unpaired) electrons. The molecule has 0 amide bonds. The Morgan fingerprint density at radius 1 is 0.339 bits per heavy atom. The Bertz CT molecular complexity index is 3880. The van der Waals surface area contributed by atoms with Crippen LogP contribution in [0, 0.1) is 0 Å². The highest BCUT2D eigenvalue weighted by molar-refractivity contribution is 6.41. The summed E-state index contributed by atoms with van der Waals surface area (Å²) in [4.78, 5) is 2.28. The van der Waals surface area contributed by atoms with E-state index in [0.29, 0.717) is 5.92 Å². The van der Waals surface area contributed by atoms with Crippen LogP contribution in [0.5, 0.6) is 0 Å². The van der Waals surface area contributed by atoms with Gasteiger partial charge in [-0.2, -0.15) is 0 Å². The average Bonchev–Trinajstić information content (AvgIpc) is 3.98. The Morgan fingerprint density at radius 3 is 1.58 bits per heavy atom. The molecule has 0 saturated heterocycles. The van der Waals surface area contributed by atoms with Crippen LogP contribution in [0.4, 0.5) is 17.1 Å². The highest BCUT2D eigenvalue weighted by atomic mass is 16.4. The number of fused-ring (bicyclic) bond motifs is 20. The maximum absolute atomic E-state index is 7.18. The number of furan rings is 3. The van der Waals surface area contributed by atoms with E-state index >= 15 is 0 Å². The van der Waals surface area contributed by atoms with Crippen LogP contribution in [0.25, 0.3) is 109 Å². The topological polar surface area (TPSA) is 42.7 Å². The van der Waals surface area contributed by atoms with Gasteiger partial charge in [0.25, 0.3) is 0 Å². The van der Waals surface area contributed by atoms with E-state index in [-0.39, 0.29) is 0 Å². The maximum Gasteiger partial charge on any atom is 0.178 e. The first kappa shape index (κ1) is 32.5. The first-order chi connectivity index (χ1) is 29.1. The molecule has 13 rings (SSSR count). The first-order valence-corrected chi connectivity index (χ1v) is 20.4. The average molecular weight is 758 g/mol. The quantitative estimate of drug-likeness (QED) is 0.168. The van der Waals surface area contributed by atoms with Gasteiger partial charge >= 0.3 is 0 Å². The van der Waals surface area contributed by atoms with Gasteiger partial charge in [0.15, 0.2) is 16.7 Å². The van der Waals surface area contributed by atoms with E-state index in [1.54, 1.807) is 0 Å². The van der Waals surface area contributed by atoms with Crippen molar-refractivity contribution in [3.63, 3.8) is 0 Å². The van der Waals surface area contributed by atoms with Crippen LogP contribution in [0.15, 0.2) is 183 Å². The summed E-state index contributed by atoms with van der Waals surface area (Å²) in [5.41, 5.74) is 9.17. The minimum absolute atomic E-state index is 0.423. The molecule has 59 heavy (non-hydrogen) atoms. The number of hydrogen-bond acceptors (Lipinski definition) is 4. The van der Waals surface area contributed by atoms with Gasteiger partial charge in [0, 0.05) is 54.8 Å². The predicted molar refractivity (Wildman–Crippen MR) is 247 cm³/mol. The first-order valence-electron chi connectivity index (χ1n) is 20.4. The zero-order valence-electron chi connectivity index (χ0n) is 32.4. The molecule has 0 aliphatic heterocycles. The van der Waals surface area contributed by atoms with Crippen LogP contribution in [0.3, 0.4) is 0 Å². The lowest BCUT2D eigenvalue weighted by Crippen LogP contribution is -2.10. The highest BCUT2D eigenvalue weighted by Crippen LogP contribution is 2.49. The summed E-state index contributed by atoms with van der Waals surface area (Å²) in [7, 11) is 0. The molecule has 3 heterocycles. The monoisotopic (exact) mass is 757 g/mol. The molecular weight excluding hydrogens is 723 g/mol. The van der Waals surface area contributed by atoms with Crippen LogP contribution in [-0.2, 0) is 0 Å². The van der Waals surface area contributed by atoms with E-state index in [9.17, 15) is 0 Å². The lowest BCUT2D eigenvalue weighted by Gasteiger charge is -2.26. The number of para-hydroxylation sites is 2. The van der Waals surface area contributed by atoms with E-state index < -0.39 is 0 Å². The smallest absolute Gasteiger partial charge is 0.178 e. The summed E-state index contributed by atoms with van der Waals surface area (Å²) < 4.78 is 20.8. The Hall–Kier alpha value is -7.56. The molecule has 0 saturated carbocycles. The molecule has 4 heteroatoms. The summed E-state index contributed by atoms with van der Waals surface area (Å²) >= 11 is 0. The second-order valence-electron chi connectivity index (χ2n) is 16.1. The molecule has 4 nitrogen and oxygen atoms in total.